The third kappa shape index (κ3) is 4.47. The summed E-state index contributed by atoms with van der Waals surface area (Å²) in [5.41, 5.74) is 0.135. The lowest BCUT2D eigenvalue weighted by Crippen LogP contribution is -2.05. The molecule has 0 spiro atoms. The number of rotatable bonds is 4. The average molecular weight is 350 g/mol. The largest absolute Gasteiger partial charge is 0.478 e. The predicted molar refractivity (Wildman–Crippen MR) is 84.9 cm³/mol. The number of carboxylic acid groups (broad SMARTS) is 1. The summed E-state index contributed by atoms with van der Waals surface area (Å²) in [4.78, 5) is 22.4. The summed E-state index contributed by atoms with van der Waals surface area (Å²) in [6, 6.07) is 8.78. The molecule has 0 radical (unpaired) electrons. The van der Waals surface area contributed by atoms with E-state index in [1.54, 1.807) is 0 Å². The Hall–Kier alpha value is -3.09. The number of benzene rings is 2. The quantitative estimate of drug-likeness (QED) is 0.661. The highest BCUT2D eigenvalue weighted by atomic mass is 19.4. The second-order valence-electron chi connectivity index (χ2n) is 5.04. The molecule has 0 aliphatic heterocycles. The van der Waals surface area contributed by atoms with Gasteiger partial charge in [-0.05, 0) is 47.0 Å². The van der Waals surface area contributed by atoms with Crippen molar-refractivity contribution in [3.63, 3.8) is 0 Å². The highest BCUT2D eigenvalue weighted by molar-refractivity contribution is 5.93. The Morgan fingerprint density at radius 3 is 2.44 bits per heavy atom. The number of hydrogen-bond acceptors (Lipinski definition) is 3. The molecule has 2 aromatic rings. The molecule has 0 saturated carbocycles. The van der Waals surface area contributed by atoms with Gasteiger partial charge in [0.2, 0.25) is 0 Å². The molecular formula is C18H13F3O4. The van der Waals surface area contributed by atoms with Gasteiger partial charge in [-0.2, -0.15) is 13.2 Å². The number of esters is 1. The van der Waals surface area contributed by atoms with E-state index in [0.717, 1.165) is 18.2 Å². The van der Waals surface area contributed by atoms with Crippen LogP contribution in [0.3, 0.4) is 0 Å². The molecule has 130 valence electrons. The van der Waals surface area contributed by atoms with Crippen LogP contribution < -0.4 is 0 Å². The fraction of sp³-hybridized carbons (Fsp3) is 0.111. The molecule has 0 bridgehead atoms. The zero-order valence-electron chi connectivity index (χ0n) is 13.0. The first-order valence-corrected chi connectivity index (χ1v) is 7.03. The van der Waals surface area contributed by atoms with E-state index in [0.29, 0.717) is 5.56 Å². The summed E-state index contributed by atoms with van der Waals surface area (Å²) < 4.78 is 43.4. The van der Waals surface area contributed by atoms with Gasteiger partial charge in [0.25, 0.3) is 0 Å². The van der Waals surface area contributed by atoms with E-state index in [1.165, 1.54) is 43.5 Å². The third-order valence-electron chi connectivity index (χ3n) is 3.38. The summed E-state index contributed by atoms with van der Waals surface area (Å²) in [7, 11) is 1.19. The van der Waals surface area contributed by atoms with Crippen LogP contribution in [0.15, 0.2) is 48.5 Å². The molecule has 0 fully saturated rings. The highest BCUT2D eigenvalue weighted by Gasteiger charge is 2.30. The number of alkyl halides is 3. The number of carboxylic acids is 1. The first kappa shape index (κ1) is 18.3. The lowest BCUT2D eigenvalue weighted by Gasteiger charge is -2.12. The maximum atomic E-state index is 12.9. The van der Waals surface area contributed by atoms with Crippen LogP contribution in [0, 0.1) is 0 Å². The number of ether oxygens (including phenoxy) is 1. The monoisotopic (exact) mass is 350 g/mol. The minimum atomic E-state index is -4.52. The third-order valence-corrected chi connectivity index (χ3v) is 3.38. The van der Waals surface area contributed by atoms with Crippen molar-refractivity contribution in [2.75, 3.05) is 7.11 Å². The van der Waals surface area contributed by atoms with E-state index >= 15 is 0 Å². The fourth-order valence-electron chi connectivity index (χ4n) is 2.22. The molecule has 0 atom stereocenters. The van der Waals surface area contributed by atoms with Crippen LogP contribution in [0.1, 0.15) is 21.5 Å². The first-order chi connectivity index (χ1) is 11.7. The molecule has 0 unspecified atom stereocenters. The first-order valence-electron chi connectivity index (χ1n) is 7.03. The molecule has 0 amide bonds. The smallest absolute Gasteiger partial charge is 0.416 e. The van der Waals surface area contributed by atoms with Crippen molar-refractivity contribution in [3.8, 4) is 11.1 Å². The molecule has 25 heavy (non-hydrogen) atoms. The van der Waals surface area contributed by atoms with E-state index in [2.05, 4.69) is 4.74 Å². The van der Waals surface area contributed by atoms with E-state index < -0.39 is 23.7 Å². The Labute approximate surface area is 141 Å². The van der Waals surface area contributed by atoms with Crippen molar-refractivity contribution in [1.29, 1.82) is 0 Å². The van der Waals surface area contributed by atoms with Gasteiger partial charge in [0.05, 0.1) is 18.2 Å². The average Bonchev–Trinajstić information content (AvgIpc) is 2.58. The molecule has 0 saturated heterocycles. The SMILES string of the molecule is COC(=O)c1ccc(/C=C/C(=O)O)c(-c2cccc(C(F)(F)F)c2)c1. The van der Waals surface area contributed by atoms with Gasteiger partial charge in [0, 0.05) is 6.08 Å². The predicted octanol–water partition coefficient (Wildman–Crippen LogP) is 4.26. The van der Waals surface area contributed by atoms with Crippen LogP contribution in [-0.2, 0) is 15.7 Å². The van der Waals surface area contributed by atoms with E-state index in [9.17, 15) is 22.8 Å². The Balaban J connectivity index is 2.63. The van der Waals surface area contributed by atoms with Crippen LogP contribution in [0.4, 0.5) is 13.2 Å². The van der Waals surface area contributed by atoms with Gasteiger partial charge in [-0.3, -0.25) is 0 Å². The van der Waals surface area contributed by atoms with Gasteiger partial charge in [0.15, 0.2) is 0 Å². The molecule has 0 aromatic heterocycles. The number of methoxy groups -OCH3 is 1. The van der Waals surface area contributed by atoms with Crippen molar-refractivity contribution in [3.05, 3.63) is 65.2 Å². The van der Waals surface area contributed by atoms with Gasteiger partial charge in [-0.25, -0.2) is 9.59 Å². The van der Waals surface area contributed by atoms with Crippen LogP contribution in [-0.4, -0.2) is 24.2 Å². The standard InChI is InChI=1S/C18H13F3O4/c1-25-17(24)13-6-5-11(7-8-16(22)23)15(10-13)12-3-2-4-14(9-12)18(19,20)21/h2-10H,1H3,(H,22,23)/b8-7+. The summed E-state index contributed by atoms with van der Waals surface area (Å²) in [6.45, 7) is 0. The number of aliphatic carboxylic acids is 1. The second-order valence-corrected chi connectivity index (χ2v) is 5.04. The number of carbonyl (C=O) groups excluding carboxylic acids is 1. The molecule has 0 aliphatic carbocycles. The maximum Gasteiger partial charge on any atom is 0.416 e. The van der Waals surface area contributed by atoms with Crippen molar-refractivity contribution >= 4 is 18.0 Å². The minimum Gasteiger partial charge on any atom is -0.478 e. The van der Waals surface area contributed by atoms with Gasteiger partial charge < -0.3 is 9.84 Å². The van der Waals surface area contributed by atoms with Crippen molar-refractivity contribution < 1.29 is 32.6 Å². The lowest BCUT2D eigenvalue weighted by molar-refractivity contribution is -0.137. The summed E-state index contributed by atoms with van der Waals surface area (Å²) in [5.74, 6) is -1.85. The fourth-order valence-corrected chi connectivity index (χ4v) is 2.22. The topological polar surface area (TPSA) is 63.6 Å². The molecule has 2 rings (SSSR count). The van der Waals surface area contributed by atoms with Gasteiger partial charge >= 0.3 is 18.1 Å². The molecule has 0 heterocycles. The summed E-state index contributed by atoms with van der Waals surface area (Å²) in [5, 5.41) is 8.76. The van der Waals surface area contributed by atoms with Crippen molar-refractivity contribution in [2.45, 2.75) is 6.18 Å². The van der Waals surface area contributed by atoms with E-state index in [1.807, 2.05) is 0 Å². The number of halogens is 3. The van der Waals surface area contributed by atoms with Crippen LogP contribution in [0.5, 0.6) is 0 Å². The molecule has 1 N–H and O–H groups in total. The minimum absolute atomic E-state index is 0.141. The van der Waals surface area contributed by atoms with Crippen molar-refractivity contribution in [1.82, 2.24) is 0 Å². The van der Waals surface area contributed by atoms with Crippen LogP contribution in [0.25, 0.3) is 17.2 Å². The maximum absolute atomic E-state index is 12.9. The Bertz CT molecular complexity index is 838. The Kier molecular flexibility index (Phi) is 5.26. The molecule has 7 heteroatoms. The zero-order chi connectivity index (χ0) is 18.6. The summed E-state index contributed by atoms with van der Waals surface area (Å²) in [6.07, 6.45) is -2.41. The van der Waals surface area contributed by atoms with Crippen LogP contribution in [0.2, 0.25) is 0 Å². The Morgan fingerprint density at radius 1 is 1.12 bits per heavy atom. The van der Waals surface area contributed by atoms with E-state index in [4.69, 9.17) is 5.11 Å². The van der Waals surface area contributed by atoms with Gasteiger partial charge in [0.1, 0.15) is 0 Å². The molecule has 0 aliphatic rings. The molecular weight excluding hydrogens is 337 g/mol. The van der Waals surface area contributed by atoms with Crippen LogP contribution >= 0.6 is 0 Å². The lowest BCUT2D eigenvalue weighted by atomic mass is 9.95. The van der Waals surface area contributed by atoms with Gasteiger partial charge in [-0.15, -0.1) is 0 Å². The second kappa shape index (κ2) is 7.21. The normalized spacial score (nSPS) is 11.5. The molecule has 2 aromatic carbocycles. The van der Waals surface area contributed by atoms with E-state index in [-0.39, 0.29) is 16.7 Å². The highest BCUT2D eigenvalue weighted by Crippen LogP contribution is 2.34. The number of carbonyl (C=O) groups is 2. The Morgan fingerprint density at radius 2 is 1.84 bits per heavy atom. The number of hydrogen-bond donors (Lipinski definition) is 1. The molecule has 4 nitrogen and oxygen atoms in total. The zero-order valence-corrected chi connectivity index (χ0v) is 13.0. The van der Waals surface area contributed by atoms with Crippen molar-refractivity contribution in [2.24, 2.45) is 0 Å². The summed E-state index contributed by atoms with van der Waals surface area (Å²) >= 11 is 0. The van der Waals surface area contributed by atoms with Gasteiger partial charge in [-0.1, -0.05) is 18.2 Å².